The van der Waals surface area contributed by atoms with Gasteiger partial charge in [-0.05, 0) is 19.2 Å². The SMILES string of the molecule is C[Si](C)(F)c1ccc(F)cc1F. The quantitative estimate of drug-likeness (QED) is 0.471. The molecule has 66 valence electrons. The second-order valence-electron chi connectivity index (χ2n) is 3.10. The van der Waals surface area contributed by atoms with Crippen molar-refractivity contribution in [3.63, 3.8) is 0 Å². The summed E-state index contributed by atoms with van der Waals surface area (Å²) in [4.78, 5) is 0. The molecule has 0 aliphatic heterocycles. The monoisotopic (exact) mass is 190 g/mol. The van der Waals surface area contributed by atoms with Gasteiger partial charge in [-0.2, -0.15) is 0 Å². The molecular formula is C8H9F3Si. The minimum Gasteiger partial charge on any atom is -0.308 e. The highest BCUT2D eigenvalue weighted by molar-refractivity contribution is 6.83. The van der Waals surface area contributed by atoms with Gasteiger partial charge < -0.3 is 4.11 Å². The molecule has 0 saturated heterocycles. The average Bonchev–Trinajstić information content (AvgIpc) is 1.83. The van der Waals surface area contributed by atoms with E-state index in [-0.39, 0.29) is 5.19 Å². The summed E-state index contributed by atoms with van der Waals surface area (Å²) in [6, 6.07) is 2.97. The Morgan fingerprint density at radius 1 is 1.17 bits per heavy atom. The van der Waals surface area contributed by atoms with E-state index in [1.54, 1.807) is 0 Å². The lowest BCUT2D eigenvalue weighted by atomic mass is 10.3. The first-order valence-corrected chi connectivity index (χ1v) is 6.43. The topological polar surface area (TPSA) is 0 Å². The summed E-state index contributed by atoms with van der Waals surface area (Å²) >= 11 is 0. The maximum Gasteiger partial charge on any atom is 0.274 e. The van der Waals surface area contributed by atoms with E-state index in [2.05, 4.69) is 0 Å². The van der Waals surface area contributed by atoms with E-state index in [4.69, 9.17) is 0 Å². The molecule has 0 saturated carbocycles. The maximum atomic E-state index is 13.3. The summed E-state index contributed by atoms with van der Waals surface area (Å²) < 4.78 is 38.6. The van der Waals surface area contributed by atoms with Gasteiger partial charge >= 0.3 is 0 Å². The molecule has 0 nitrogen and oxygen atoms in total. The fourth-order valence-corrected chi connectivity index (χ4v) is 2.09. The molecule has 0 radical (unpaired) electrons. The van der Waals surface area contributed by atoms with Crippen LogP contribution in [0.5, 0.6) is 0 Å². The highest BCUT2D eigenvalue weighted by Crippen LogP contribution is 2.08. The van der Waals surface area contributed by atoms with Gasteiger partial charge in [-0.25, -0.2) is 8.78 Å². The van der Waals surface area contributed by atoms with Crippen LogP contribution in [0.25, 0.3) is 0 Å². The Morgan fingerprint density at radius 2 is 1.75 bits per heavy atom. The maximum absolute atomic E-state index is 13.3. The van der Waals surface area contributed by atoms with Crippen molar-refractivity contribution in [3.8, 4) is 0 Å². The second kappa shape index (κ2) is 2.93. The first-order chi connectivity index (χ1) is 5.41. The van der Waals surface area contributed by atoms with Crippen molar-refractivity contribution in [2.24, 2.45) is 0 Å². The van der Waals surface area contributed by atoms with Crippen LogP contribution in [0.15, 0.2) is 18.2 Å². The minimum atomic E-state index is -3.14. The Morgan fingerprint density at radius 3 is 2.17 bits per heavy atom. The van der Waals surface area contributed by atoms with E-state index in [9.17, 15) is 12.9 Å². The minimum absolute atomic E-state index is 0.0175. The van der Waals surface area contributed by atoms with Gasteiger partial charge in [-0.15, -0.1) is 0 Å². The molecule has 0 atom stereocenters. The zero-order valence-electron chi connectivity index (χ0n) is 6.87. The molecule has 12 heavy (non-hydrogen) atoms. The number of halogens is 3. The van der Waals surface area contributed by atoms with Crippen LogP contribution in [-0.4, -0.2) is 8.41 Å². The van der Waals surface area contributed by atoms with Crippen molar-refractivity contribution < 1.29 is 12.9 Å². The standard InChI is InChI=1S/C8H9F3Si/c1-12(2,11)8-4-3-6(9)5-7(8)10/h3-5H,1-2H3. The van der Waals surface area contributed by atoms with Gasteiger partial charge in [0.05, 0.1) is 0 Å². The molecule has 0 aliphatic rings. The number of rotatable bonds is 1. The molecular weight excluding hydrogens is 181 g/mol. The normalized spacial score (nSPS) is 11.8. The summed E-state index contributed by atoms with van der Waals surface area (Å²) in [5, 5.41) is 0.0175. The van der Waals surface area contributed by atoms with Crippen LogP contribution < -0.4 is 5.19 Å². The Balaban J connectivity index is 3.19. The van der Waals surface area contributed by atoms with E-state index in [1.807, 2.05) is 0 Å². The lowest BCUT2D eigenvalue weighted by Crippen LogP contribution is -2.38. The molecule has 0 heterocycles. The van der Waals surface area contributed by atoms with Crippen LogP contribution in [-0.2, 0) is 0 Å². The lowest BCUT2D eigenvalue weighted by Gasteiger charge is -2.11. The second-order valence-corrected chi connectivity index (χ2v) is 6.58. The fourth-order valence-electron chi connectivity index (χ4n) is 0.972. The molecule has 1 rings (SSSR count). The van der Waals surface area contributed by atoms with Gasteiger partial charge in [-0.3, -0.25) is 0 Å². The van der Waals surface area contributed by atoms with Crippen LogP contribution in [0, 0.1) is 11.6 Å². The predicted octanol–water partition coefficient (Wildman–Crippen LogP) is 2.35. The summed E-state index contributed by atoms with van der Waals surface area (Å²) in [5.74, 6) is -1.45. The summed E-state index contributed by atoms with van der Waals surface area (Å²) in [5.41, 5.74) is 0. The van der Waals surface area contributed by atoms with E-state index in [0.717, 1.165) is 6.07 Å². The Hall–Kier alpha value is -0.773. The third kappa shape index (κ3) is 1.88. The van der Waals surface area contributed by atoms with Crippen LogP contribution >= 0.6 is 0 Å². The molecule has 0 aromatic heterocycles. The molecule has 0 aliphatic carbocycles. The Labute approximate surface area is 70.2 Å². The van der Waals surface area contributed by atoms with Crippen LogP contribution in [0.1, 0.15) is 0 Å². The van der Waals surface area contributed by atoms with Gasteiger partial charge in [0, 0.05) is 11.3 Å². The largest absolute Gasteiger partial charge is 0.308 e. The van der Waals surface area contributed by atoms with Crippen molar-refractivity contribution in [2.75, 3.05) is 0 Å². The lowest BCUT2D eigenvalue weighted by molar-refractivity contribution is 0.586. The number of benzene rings is 1. The first-order valence-electron chi connectivity index (χ1n) is 3.55. The van der Waals surface area contributed by atoms with E-state index < -0.39 is 20.0 Å². The summed E-state index contributed by atoms with van der Waals surface area (Å²) in [6.07, 6.45) is 0. The zero-order chi connectivity index (χ0) is 9.35. The third-order valence-electron chi connectivity index (χ3n) is 1.57. The molecule has 0 unspecified atom stereocenters. The van der Waals surface area contributed by atoms with E-state index in [1.165, 1.54) is 19.2 Å². The molecule has 0 fully saturated rings. The van der Waals surface area contributed by atoms with Crippen molar-refractivity contribution in [1.82, 2.24) is 0 Å². The average molecular weight is 190 g/mol. The summed E-state index contributed by atoms with van der Waals surface area (Å²) in [7, 11) is -3.14. The first kappa shape index (κ1) is 9.32. The fraction of sp³-hybridized carbons (Fsp3) is 0.250. The Bertz CT molecular complexity index is 291. The van der Waals surface area contributed by atoms with Crippen molar-refractivity contribution in [1.29, 1.82) is 0 Å². The van der Waals surface area contributed by atoms with Gasteiger partial charge in [0.2, 0.25) is 0 Å². The third-order valence-corrected chi connectivity index (χ3v) is 3.26. The van der Waals surface area contributed by atoms with Gasteiger partial charge in [0.1, 0.15) is 11.6 Å². The molecule has 0 N–H and O–H groups in total. The zero-order valence-corrected chi connectivity index (χ0v) is 7.87. The smallest absolute Gasteiger partial charge is 0.274 e. The van der Waals surface area contributed by atoms with Gasteiger partial charge in [0.25, 0.3) is 8.41 Å². The summed E-state index contributed by atoms with van der Waals surface area (Å²) in [6.45, 7) is 2.73. The highest BCUT2D eigenvalue weighted by atomic mass is 28.4. The molecule has 0 bridgehead atoms. The molecule has 4 heteroatoms. The van der Waals surface area contributed by atoms with Gasteiger partial charge in [0.15, 0.2) is 0 Å². The number of hydrogen-bond acceptors (Lipinski definition) is 0. The van der Waals surface area contributed by atoms with Crippen molar-refractivity contribution in [3.05, 3.63) is 29.8 Å². The molecule has 1 aromatic rings. The highest BCUT2D eigenvalue weighted by Gasteiger charge is 2.27. The van der Waals surface area contributed by atoms with Crippen LogP contribution in [0.3, 0.4) is 0 Å². The Kier molecular flexibility index (Phi) is 2.28. The van der Waals surface area contributed by atoms with Crippen molar-refractivity contribution in [2.45, 2.75) is 13.1 Å². The van der Waals surface area contributed by atoms with Crippen LogP contribution in [0.4, 0.5) is 12.9 Å². The van der Waals surface area contributed by atoms with E-state index in [0.29, 0.717) is 6.07 Å². The van der Waals surface area contributed by atoms with E-state index >= 15 is 0 Å². The molecule has 0 spiro atoms. The molecule has 1 aromatic carbocycles. The van der Waals surface area contributed by atoms with Crippen LogP contribution in [0.2, 0.25) is 13.1 Å². The molecule has 0 amide bonds. The predicted molar refractivity (Wildman–Crippen MR) is 44.6 cm³/mol. The van der Waals surface area contributed by atoms with Gasteiger partial charge in [-0.1, -0.05) is 6.07 Å². The van der Waals surface area contributed by atoms with Crippen molar-refractivity contribution >= 4 is 13.6 Å². The number of hydrogen-bond donors (Lipinski definition) is 0.